The average Bonchev–Trinajstić information content (AvgIpc) is 2.22. The Bertz CT molecular complexity index is 506. The molecule has 1 aromatic carbocycles. The summed E-state index contributed by atoms with van der Waals surface area (Å²) in [6.45, 7) is 1.78. The van der Waals surface area contributed by atoms with E-state index >= 15 is 0 Å². The third kappa shape index (κ3) is 3.17. The molecule has 0 aliphatic heterocycles. The number of nitro benzene ring substituents is 1. The Kier molecular flexibility index (Phi) is 4.91. The zero-order valence-corrected chi connectivity index (χ0v) is 12.6. The van der Waals surface area contributed by atoms with Gasteiger partial charge in [-0.1, -0.05) is 0 Å². The summed E-state index contributed by atoms with van der Waals surface area (Å²) in [4.78, 5) is 14.5. The summed E-state index contributed by atoms with van der Waals surface area (Å²) < 4.78 is 0.665. The number of nitrogens with two attached hydrogens (primary N) is 1. The lowest BCUT2D eigenvalue weighted by Gasteiger charge is -2.07. The number of halogens is 3. The molecule has 0 saturated heterocycles. The van der Waals surface area contributed by atoms with Gasteiger partial charge in [0.05, 0.1) is 21.0 Å². The first-order valence-corrected chi connectivity index (χ1v) is 6.52. The number of aliphatic imine (C=N–C) groups is 1. The van der Waals surface area contributed by atoms with Crippen molar-refractivity contribution < 1.29 is 4.92 Å². The van der Waals surface area contributed by atoms with Gasteiger partial charge in [-0.2, -0.15) is 0 Å². The highest BCUT2D eigenvalue weighted by Gasteiger charge is 2.22. The van der Waals surface area contributed by atoms with E-state index in [1.165, 1.54) is 0 Å². The van der Waals surface area contributed by atoms with Crippen LogP contribution < -0.4 is 5.73 Å². The Morgan fingerprint density at radius 3 is 2.71 bits per heavy atom. The van der Waals surface area contributed by atoms with E-state index in [1.54, 1.807) is 13.0 Å². The Hall–Kier alpha value is -0.660. The molecule has 0 unspecified atom stereocenters. The number of benzene rings is 1. The lowest BCUT2D eigenvalue weighted by molar-refractivity contribution is -0.386. The normalized spacial score (nSPS) is 11.6. The Morgan fingerprint density at radius 2 is 2.24 bits per heavy atom. The van der Waals surface area contributed by atoms with Crippen molar-refractivity contribution in [3.05, 3.63) is 30.7 Å². The second kappa shape index (κ2) is 5.79. The number of rotatable bonds is 3. The molecule has 1 aromatic rings. The van der Waals surface area contributed by atoms with Gasteiger partial charge in [0.2, 0.25) is 0 Å². The molecular formula is C9H8Br2ClN3O2. The van der Waals surface area contributed by atoms with E-state index in [1.807, 2.05) is 0 Å². The van der Waals surface area contributed by atoms with Crippen LogP contribution >= 0.6 is 43.5 Å². The second-order valence-corrected chi connectivity index (χ2v) is 5.09. The maximum Gasteiger partial charge on any atom is 0.299 e. The molecule has 0 atom stereocenters. The quantitative estimate of drug-likeness (QED) is 0.283. The van der Waals surface area contributed by atoms with E-state index in [9.17, 15) is 10.1 Å². The molecule has 0 heterocycles. The first-order chi connectivity index (χ1) is 7.88. The number of alkyl halides is 1. The largest absolute Gasteiger partial charge is 0.386 e. The van der Waals surface area contributed by atoms with Gasteiger partial charge in [0.1, 0.15) is 10.3 Å². The van der Waals surface area contributed by atoms with Crippen LogP contribution in [0, 0.1) is 17.0 Å². The summed E-state index contributed by atoms with van der Waals surface area (Å²) in [5.41, 5.74) is 6.60. The summed E-state index contributed by atoms with van der Waals surface area (Å²) in [6, 6.07) is 1.61. The molecule has 0 aromatic heterocycles. The summed E-state index contributed by atoms with van der Waals surface area (Å²) in [5.74, 6) is 0.266. The summed E-state index contributed by atoms with van der Waals surface area (Å²) in [7, 11) is 0. The van der Waals surface area contributed by atoms with Gasteiger partial charge in [0.15, 0.2) is 0 Å². The number of nitro groups is 1. The highest BCUT2D eigenvalue weighted by atomic mass is 79.9. The molecule has 0 aliphatic carbocycles. The molecule has 2 N–H and O–H groups in total. The average molecular weight is 385 g/mol. The molecule has 0 spiro atoms. The molecule has 92 valence electrons. The highest BCUT2D eigenvalue weighted by Crippen LogP contribution is 2.42. The van der Waals surface area contributed by atoms with Crippen LogP contribution in [0.4, 0.5) is 11.4 Å². The van der Waals surface area contributed by atoms with E-state index in [0.717, 1.165) is 5.56 Å². The monoisotopic (exact) mass is 383 g/mol. The molecule has 0 bridgehead atoms. The fourth-order valence-corrected chi connectivity index (χ4v) is 2.97. The Morgan fingerprint density at radius 1 is 1.65 bits per heavy atom. The van der Waals surface area contributed by atoms with Crippen molar-refractivity contribution in [3.8, 4) is 0 Å². The van der Waals surface area contributed by atoms with Crippen LogP contribution in [0.15, 0.2) is 20.0 Å². The van der Waals surface area contributed by atoms with Gasteiger partial charge >= 0.3 is 0 Å². The predicted octanol–water partition coefficient (Wildman–Crippen LogP) is 3.66. The SMILES string of the molecule is Cc1cc(Br)c([N+](=O)[O-])c(Br)c1N=C(N)CCl. The van der Waals surface area contributed by atoms with Crippen LogP contribution in [0.25, 0.3) is 0 Å². The molecular weight excluding hydrogens is 377 g/mol. The fraction of sp³-hybridized carbons (Fsp3) is 0.222. The van der Waals surface area contributed by atoms with Crippen LogP contribution in [0.2, 0.25) is 0 Å². The lowest BCUT2D eigenvalue weighted by Crippen LogP contribution is -2.12. The molecule has 0 saturated carbocycles. The maximum atomic E-state index is 10.9. The minimum absolute atomic E-state index is 0.0652. The molecule has 8 heteroatoms. The van der Waals surface area contributed by atoms with Crippen molar-refractivity contribution in [2.24, 2.45) is 10.7 Å². The summed E-state index contributed by atoms with van der Waals surface area (Å²) in [5, 5.41) is 10.9. The van der Waals surface area contributed by atoms with Crippen molar-refractivity contribution in [1.82, 2.24) is 0 Å². The highest BCUT2D eigenvalue weighted by molar-refractivity contribution is 9.11. The van der Waals surface area contributed by atoms with Crippen LogP contribution in [-0.2, 0) is 0 Å². The van der Waals surface area contributed by atoms with Gasteiger partial charge in [-0.05, 0) is 50.4 Å². The van der Waals surface area contributed by atoms with Crippen LogP contribution in [0.3, 0.4) is 0 Å². The van der Waals surface area contributed by atoms with E-state index in [0.29, 0.717) is 10.2 Å². The van der Waals surface area contributed by atoms with E-state index in [-0.39, 0.29) is 21.9 Å². The molecule has 0 aliphatic rings. The van der Waals surface area contributed by atoms with Crippen LogP contribution in [-0.4, -0.2) is 16.6 Å². The van der Waals surface area contributed by atoms with Crippen LogP contribution in [0.5, 0.6) is 0 Å². The molecule has 0 fully saturated rings. The summed E-state index contributed by atoms with van der Waals surface area (Å²) in [6.07, 6.45) is 0. The van der Waals surface area contributed by atoms with E-state index in [2.05, 4.69) is 36.9 Å². The molecule has 17 heavy (non-hydrogen) atoms. The second-order valence-electron chi connectivity index (χ2n) is 3.18. The third-order valence-electron chi connectivity index (χ3n) is 1.93. The molecule has 5 nitrogen and oxygen atoms in total. The van der Waals surface area contributed by atoms with Crippen molar-refractivity contribution in [3.63, 3.8) is 0 Å². The Labute approximate surface area is 119 Å². The standard InChI is InChI=1S/C9H8Br2ClN3O2/c1-4-2-5(10)9(15(16)17)7(11)8(4)14-6(13)3-12/h2H,3H2,1H3,(H2,13,14). The van der Waals surface area contributed by atoms with E-state index in [4.69, 9.17) is 17.3 Å². The van der Waals surface area contributed by atoms with Crippen molar-refractivity contribution in [1.29, 1.82) is 0 Å². The van der Waals surface area contributed by atoms with Gasteiger partial charge in [-0.25, -0.2) is 4.99 Å². The number of amidine groups is 1. The molecule has 0 radical (unpaired) electrons. The molecule has 1 rings (SSSR count). The van der Waals surface area contributed by atoms with Gasteiger partial charge in [-0.15, -0.1) is 11.6 Å². The van der Waals surface area contributed by atoms with Crippen molar-refractivity contribution in [2.75, 3.05) is 5.88 Å². The minimum Gasteiger partial charge on any atom is -0.386 e. The number of hydrogen-bond donors (Lipinski definition) is 1. The molecule has 0 amide bonds. The van der Waals surface area contributed by atoms with Gasteiger partial charge in [0.25, 0.3) is 5.69 Å². The van der Waals surface area contributed by atoms with E-state index < -0.39 is 4.92 Å². The smallest absolute Gasteiger partial charge is 0.299 e. The fourth-order valence-electron chi connectivity index (χ4n) is 1.20. The summed E-state index contributed by atoms with van der Waals surface area (Å²) >= 11 is 11.8. The topological polar surface area (TPSA) is 81.5 Å². The first-order valence-electron chi connectivity index (χ1n) is 4.40. The maximum absolute atomic E-state index is 10.9. The number of aryl methyl sites for hydroxylation is 1. The minimum atomic E-state index is -0.497. The lowest BCUT2D eigenvalue weighted by atomic mass is 10.2. The Balaban J connectivity index is 3.52. The van der Waals surface area contributed by atoms with Gasteiger partial charge in [-0.3, -0.25) is 10.1 Å². The predicted molar refractivity (Wildman–Crippen MR) is 75.2 cm³/mol. The van der Waals surface area contributed by atoms with Crippen molar-refractivity contribution >= 4 is 60.7 Å². The van der Waals surface area contributed by atoms with Gasteiger partial charge < -0.3 is 5.73 Å². The van der Waals surface area contributed by atoms with Crippen molar-refractivity contribution in [2.45, 2.75) is 6.92 Å². The zero-order valence-electron chi connectivity index (χ0n) is 8.71. The van der Waals surface area contributed by atoms with Gasteiger partial charge in [0, 0.05) is 0 Å². The zero-order chi connectivity index (χ0) is 13.2. The first kappa shape index (κ1) is 14.4. The number of hydrogen-bond acceptors (Lipinski definition) is 3. The third-order valence-corrected chi connectivity index (χ3v) is 3.56. The van der Waals surface area contributed by atoms with Crippen LogP contribution in [0.1, 0.15) is 5.56 Å². The number of nitrogens with zero attached hydrogens (tertiary/aromatic N) is 2.